The number of para-hydroxylation sites is 2. The first-order valence-corrected chi connectivity index (χ1v) is 18.0. The van der Waals surface area contributed by atoms with Crippen molar-refractivity contribution in [3.8, 4) is 39.8 Å². The highest BCUT2D eigenvalue weighted by molar-refractivity contribution is 6.11. The molecule has 6 aromatic heterocycles. The van der Waals surface area contributed by atoms with Crippen molar-refractivity contribution in [3.63, 3.8) is 0 Å². The summed E-state index contributed by atoms with van der Waals surface area (Å²) in [6.07, 6.45) is 6.14. The molecule has 0 saturated carbocycles. The van der Waals surface area contributed by atoms with E-state index in [1.165, 1.54) is 27.4 Å². The van der Waals surface area contributed by atoms with Crippen LogP contribution in [0.2, 0.25) is 0 Å². The summed E-state index contributed by atoms with van der Waals surface area (Å²) in [4.78, 5) is 10.0. The molecule has 0 bridgehead atoms. The quantitative estimate of drug-likeness (QED) is 0.172. The molecular weight excluding hydrogens is 655 g/mol. The summed E-state index contributed by atoms with van der Waals surface area (Å²) in [6, 6.07) is 43.0. The van der Waals surface area contributed by atoms with Crippen molar-refractivity contribution < 1.29 is 14.0 Å². The molecule has 248 valence electrons. The summed E-state index contributed by atoms with van der Waals surface area (Å²) in [7, 11) is 0. The summed E-state index contributed by atoms with van der Waals surface area (Å²) in [5, 5.41) is 4.60. The molecule has 1 spiro atoms. The number of hydrogen-bond acceptors (Lipinski definition) is 3. The van der Waals surface area contributed by atoms with Crippen LogP contribution in [0.5, 0.6) is 11.5 Å². The van der Waals surface area contributed by atoms with Gasteiger partial charge in [0.15, 0.2) is 11.1 Å². The van der Waals surface area contributed by atoms with Crippen LogP contribution in [-0.4, -0.2) is 23.8 Å². The average Bonchev–Trinajstić information content (AvgIpc) is 3.90. The zero-order chi connectivity index (χ0) is 34.7. The predicted molar refractivity (Wildman–Crippen MR) is 203 cm³/mol. The minimum absolute atomic E-state index is 0.752. The highest BCUT2D eigenvalue weighted by Gasteiger charge is 2.69. The van der Waals surface area contributed by atoms with Crippen molar-refractivity contribution in [1.29, 1.82) is 0 Å². The number of rotatable bonds is 2. The van der Waals surface area contributed by atoms with Crippen LogP contribution in [0.1, 0.15) is 22.5 Å². The highest BCUT2D eigenvalue weighted by atomic mass is 16.5. The molecule has 0 radical (unpaired) electrons. The van der Waals surface area contributed by atoms with E-state index in [-0.39, 0.29) is 0 Å². The van der Waals surface area contributed by atoms with E-state index in [9.17, 15) is 0 Å². The number of fused-ring (bicyclic) bond motifs is 10. The fourth-order valence-electron chi connectivity index (χ4n) is 10.1. The molecule has 9 heterocycles. The molecular formula is C45H29N7O+2. The van der Waals surface area contributed by atoms with E-state index in [1.807, 2.05) is 24.5 Å². The first-order chi connectivity index (χ1) is 26.2. The van der Waals surface area contributed by atoms with Crippen molar-refractivity contribution in [1.82, 2.24) is 23.8 Å². The molecule has 0 amide bonds. The lowest BCUT2D eigenvalue weighted by Crippen LogP contribution is -2.77. The van der Waals surface area contributed by atoms with Crippen molar-refractivity contribution in [3.05, 3.63) is 162 Å². The van der Waals surface area contributed by atoms with E-state index in [4.69, 9.17) is 14.7 Å². The molecule has 53 heavy (non-hydrogen) atoms. The van der Waals surface area contributed by atoms with Crippen molar-refractivity contribution in [2.45, 2.75) is 19.5 Å². The van der Waals surface area contributed by atoms with Crippen LogP contribution in [0.25, 0.3) is 72.2 Å². The maximum Gasteiger partial charge on any atom is 0.397 e. The number of ether oxygens (including phenoxy) is 1. The topological polar surface area (TPSA) is 57.6 Å². The predicted octanol–water partition coefficient (Wildman–Crippen LogP) is 8.35. The zero-order valence-corrected chi connectivity index (χ0v) is 28.8. The molecule has 0 N–H and O–H groups in total. The number of pyridine rings is 3. The van der Waals surface area contributed by atoms with Gasteiger partial charge in [0.25, 0.3) is 5.82 Å². The molecule has 3 aliphatic heterocycles. The molecule has 0 fully saturated rings. The second kappa shape index (κ2) is 9.23. The maximum atomic E-state index is 6.89. The Morgan fingerprint density at radius 3 is 2.40 bits per heavy atom. The molecule has 13 rings (SSSR count). The smallest absolute Gasteiger partial charge is 0.397 e. The number of hydrogen-bond donors (Lipinski definition) is 0. The maximum absolute atomic E-state index is 6.89. The van der Waals surface area contributed by atoms with Crippen LogP contribution in [0.4, 0.5) is 0 Å². The van der Waals surface area contributed by atoms with E-state index < -0.39 is 5.66 Å². The van der Waals surface area contributed by atoms with Crippen molar-refractivity contribution >= 4 is 43.9 Å². The number of benzene rings is 4. The molecule has 0 aliphatic carbocycles. The van der Waals surface area contributed by atoms with Gasteiger partial charge in [-0.15, -0.1) is 4.68 Å². The van der Waals surface area contributed by atoms with Crippen LogP contribution < -0.4 is 14.0 Å². The van der Waals surface area contributed by atoms with Crippen molar-refractivity contribution in [2.75, 3.05) is 0 Å². The van der Waals surface area contributed by atoms with Gasteiger partial charge >= 0.3 is 5.66 Å². The third-order valence-corrected chi connectivity index (χ3v) is 11.9. The third-order valence-electron chi connectivity index (χ3n) is 11.9. The number of aromatic nitrogens is 7. The van der Waals surface area contributed by atoms with Crippen LogP contribution in [0, 0.1) is 13.8 Å². The normalized spacial score (nSPS) is 16.0. The summed E-state index contributed by atoms with van der Waals surface area (Å²) in [5.74, 6) is 2.86. The standard InChI is InChI=1S/C45H29N7O/c1-26-39(28-24-33-32-15-11-22-46-43(32)49(44(33)47-25-28)29-12-4-3-5-13-29)27(2)52-45-40-35(51(26)52)17-10-18-36(40)53-37-21-20-31-30-14-6-7-16-34(30)50(42(31)41(37)45)38-19-8-9-23-48(38)45/h3-25H,1-2H3/q+2. The van der Waals surface area contributed by atoms with E-state index in [1.54, 1.807) is 0 Å². The lowest BCUT2D eigenvalue weighted by molar-refractivity contribution is -0.995. The Morgan fingerprint density at radius 2 is 1.47 bits per heavy atom. The first kappa shape index (κ1) is 27.6. The molecule has 10 aromatic rings. The van der Waals surface area contributed by atoms with Gasteiger partial charge in [0.1, 0.15) is 39.6 Å². The minimum atomic E-state index is -0.752. The van der Waals surface area contributed by atoms with Crippen LogP contribution >= 0.6 is 0 Å². The molecule has 8 heteroatoms. The minimum Gasteiger partial charge on any atom is -0.456 e. The lowest BCUT2D eigenvalue weighted by Gasteiger charge is -2.33. The van der Waals surface area contributed by atoms with Crippen molar-refractivity contribution in [2.24, 2.45) is 0 Å². The van der Waals surface area contributed by atoms with Gasteiger partial charge in [0, 0.05) is 58.2 Å². The van der Waals surface area contributed by atoms with Gasteiger partial charge in [-0.2, -0.15) is 9.13 Å². The Labute approximate surface area is 302 Å². The Hall–Kier alpha value is -7.06. The summed E-state index contributed by atoms with van der Waals surface area (Å²) >= 11 is 0. The SMILES string of the molecule is Cc1c(-c2cnc3c(c2)c2cccnc2n3-c2ccccc2)c(C)[n+]2n1-c1cccc3c1C21c2c(ccc4c5ccccc5n(c24)-c2cccc[n+]21)O3. The van der Waals surface area contributed by atoms with Gasteiger partial charge in [0.05, 0.1) is 17.5 Å². The van der Waals surface area contributed by atoms with Gasteiger partial charge in [0.2, 0.25) is 5.69 Å². The summed E-state index contributed by atoms with van der Waals surface area (Å²) in [5.41, 5.74) is 12.4. The van der Waals surface area contributed by atoms with Crippen LogP contribution in [0.15, 0.2) is 140 Å². The molecule has 1 atom stereocenters. The molecule has 8 nitrogen and oxygen atoms in total. The highest BCUT2D eigenvalue weighted by Crippen LogP contribution is 2.56. The fraction of sp³-hybridized carbons (Fsp3) is 0.0667. The Bertz CT molecular complexity index is 3300. The largest absolute Gasteiger partial charge is 0.456 e. The van der Waals surface area contributed by atoms with Gasteiger partial charge in [-0.1, -0.05) is 47.1 Å². The Morgan fingerprint density at radius 1 is 0.660 bits per heavy atom. The van der Waals surface area contributed by atoms with Gasteiger partial charge < -0.3 is 4.74 Å². The van der Waals surface area contributed by atoms with E-state index in [0.29, 0.717) is 0 Å². The number of nitrogens with zero attached hydrogens (tertiary/aromatic N) is 7. The molecule has 1 unspecified atom stereocenters. The van der Waals surface area contributed by atoms with E-state index in [0.717, 1.165) is 78.8 Å². The monoisotopic (exact) mass is 683 g/mol. The fourth-order valence-corrected chi connectivity index (χ4v) is 10.1. The zero-order valence-electron chi connectivity index (χ0n) is 28.8. The lowest BCUT2D eigenvalue weighted by atomic mass is 9.84. The summed E-state index contributed by atoms with van der Waals surface area (Å²) < 4.78 is 18.9. The molecule has 0 saturated heterocycles. The Balaban J connectivity index is 1.16. The second-order valence-electron chi connectivity index (χ2n) is 14.4. The van der Waals surface area contributed by atoms with Gasteiger partial charge in [-0.3, -0.25) is 4.57 Å². The van der Waals surface area contributed by atoms with E-state index in [2.05, 4.69) is 152 Å². The van der Waals surface area contributed by atoms with Crippen LogP contribution in [-0.2, 0) is 5.66 Å². The molecule has 4 aromatic carbocycles. The summed E-state index contributed by atoms with van der Waals surface area (Å²) in [6.45, 7) is 4.50. The molecule has 3 aliphatic rings. The van der Waals surface area contributed by atoms with Gasteiger partial charge in [-0.25, -0.2) is 9.97 Å². The third kappa shape index (κ3) is 3.01. The average molecular weight is 684 g/mol. The first-order valence-electron chi connectivity index (χ1n) is 18.0. The van der Waals surface area contributed by atoms with Gasteiger partial charge in [-0.05, 0) is 79.7 Å². The Kier molecular flexibility index (Phi) is 4.81. The van der Waals surface area contributed by atoms with E-state index >= 15 is 0 Å². The second-order valence-corrected chi connectivity index (χ2v) is 14.4. The van der Waals surface area contributed by atoms with Crippen LogP contribution in [0.3, 0.4) is 0 Å².